The minimum atomic E-state index is -1.19. The van der Waals surface area contributed by atoms with Gasteiger partial charge in [-0.1, -0.05) is 12.1 Å². The van der Waals surface area contributed by atoms with E-state index in [9.17, 15) is 14.4 Å². The zero-order chi connectivity index (χ0) is 15.0. The maximum absolute atomic E-state index is 11.8. The van der Waals surface area contributed by atoms with Crippen LogP contribution in [-0.4, -0.2) is 49.7 Å². The van der Waals surface area contributed by atoms with Gasteiger partial charge in [-0.25, -0.2) is 4.79 Å². The third-order valence-corrected chi connectivity index (χ3v) is 2.44. The van der Waals surface area contributed by atoms with E-state index >= 15 is 0 Å². The summed E-state index contributed by atoms with van der Waals surface area (Å²) >= 11 is 0. The molecule has 1 rings (SSSR count). The maximum atomic E-state index is 11.8. The van der Waals surface area contributed by atoms with Crippen molar-refractivity contribution < 1.29 is 24.2 Å². The zero-order valence-corrected chi connectivity index (χ0v) is 11.0. The number of nitrogens with one attached hydrogen (secondary N) is 2. The lowest BCUT2D eigenvalue weighted by atomic mass is 10.1. The highest BCUT2D eigenvalue weighted by Crippen LogP contribution is 2.08. The summed E-state index contributed by atoms with van der Waals surface area (Å²) in [5.41, 5.74) is -0.0884. The number of aromatic carboxylic acids is 1. The van der Waals surface area contributed by atoms with Gasteiger partial charge >= 0.3 is 5.97 Å². The summed E-state index contributed by atoms with van der Waals surface area (Å²) in [5, 5.41) is 13.9. The van der Waals surface area contributed by atoms with Gasteiger partial charge in [-0.15, -0.1) is 0 Å². The average Bonchev–Trinajstić information content (AvgIpc) is 2.45. The van der Waals surface area contributed by atoms with Gasteiger partial charge in [0.2, 0.25) is 5.91 Å². The first-order valence-corrected chi connectivity index (χ1v) is 5.92. The largest absolute Gasteiger partial charge is 0.478 e. The summed E-state index contributed by atoms with van der Waals surface area (Å²) in [4.78, 5) is 34.2. The first kappa shape index (κ1) is 15.6. The fourth-order valence-electron chi connectivity index (χ4n) is 1.48. The van der Waals surface area contributed by atoms with Crippen molar-refractivity contribution in [2.45, 2.75) is 0 Å². The van der Waals surface area contributed by atoms with E-state index in [1.165, 1.54) is 25.3 Å². The van der Waals surface area contributed by atoms with Crippen molar-refractivity contribution in [3.05, 3.63) is 35.4 Å². The molecule has 20 heavy (non-hydrogen) atoms. The summed E-state index contributed by atoms with van der Waals surface area (Å²) in [5.74, 6) is -2.17. The molecule has 0 radical (unpaired) electrons. The van der Waals surface area contributed by atoms with Crippen LogP contribution >= 0.6 is 0 Å². The number of methoxy groups -OCH3 is 1. The second kappa shape index (κ2) is 7.90. The van der Waals surface area contributed by atoms with Crippen LogP contribution in [0.15, 0.2) is 24.3 Å². The zero-order valence-electron chi connectivity index (χ0n) is 11.0. The van der Waals surface area contributed by atoms with Crippen LogP contribution in [0.5, 0.6) is 0 Å². The van der Waals surface area contributed by atoms with Crippen molar-refractivity contribution >= 4 is 17.8 Å². The fraction of sp³-hybridized carbons (Fsp3) is 0.308. The number of carboxylic acids is 1. The molecule has 3 N–H and O–H groups in total. The van der Waals surface area contributed by atoms with Crippen molar-refractivity contribution in [3.63, 3.8) is 0 Å². The van der Waals surface area contributed by atoms with Crippen molar-refractivity contribution in [1.29, 1.82) is 0 Å². The molecule has 0 saturated carbocycles. The quantitative estimate of drug-likeness (QED) is 0.604. The number of hydrogen-bond acceptors (Lipinski definition) is 4. The van der Waals surface area contributed by atoms with Crippen LogP contribution in [0.3, 0.4) is 0 Å². The van der Waals surface area contributed by atoms with E-state index in [1.54, 1.807) is 6.07 Å². The Morgan fingerprint density at radius 3 is 2.40 bits per heavy atom. The monoisotopic (exact) mass is 280 g/mol. The Labute approximate surface area is 115 Å². The van der Waals surface area contributed by atoms with Crippen LogP contribution in [0.4, 0.5) is 0 Å². The molecule has 7 heteroatoms. The minimum absolute atomic E-state index is 0.0182. The first-order valence-electron chi connectivity index (χ1n) is 5.92. The molecule has 7 nitrogen and oxygen atoms in total. The number of amides is 2. The van der Waals surface area contributed by atoms with Crippen molar-refractivity contribution in [1.82, 2.24) is 10.6 Å². The second-order valence-corrected chi connectivity index (χ2v) is 3.88. The molecule has 0 unspecified atom stereocenters. The molecule has 0 aliphatic rings. The van der Waals surface area contributed by atoms with Crippen LogP contribution in [0.1, 0.15) is 20.7 Å². The first-order chi connectivity index (χ1) is 9.56. The van der Waals surface area contributed by atoms with Gasteiger partial charge in [-0.05, 0) is 12.1 Å². The van der Waals surface area contributed by atoms with Gasteiger partial charge in [0, 0.05) is 13.7 Å². The lowest BCUT2D eigenvalue weighted by Crippen LogP contribution is -2.38. The molecule has 1 aromatic rings. The van der Waals surface area contributed by atoms with Gasteiger partial charge in [0.1, 0.15) is 0 Å². The van der Waals surface area contributed by atoms with Crippen molar-refractivity contribution in [2.24, 2.45) is 0 Å². The van der Waals surface area contributed by atoms with Crippen molar-refractivity contribution in [3.8, 4) is 0 Å². The topological polar surface area (TPSA) is 105 Å². The molecule has 0 fully saturated rings. The Bertz CT molecular complexity index is 501. The number of ether oxygens (including phenoxy) is 1. The summed E-state index contributed by atoms with van der Waals surface area (Å²) in [7, 11) is 1.51. The highest BCUT2D eigenvalue weighted by atomic mass is 16.5. The lowest BCUT2D eigenvalue weighted by molar-refractivity contribution is -0.120. The number of carbonyl (C=O) groups is 3. The van der Waals surface area contributed by atoms with E-state index in [2.05, 4.69) is 10.6 Å². The molecule has 2 amide bonds. The van der Waals surface area contributed by atoms with E-state index in [4.69, 9.17) is 9.84 Å². The molecule has 0 spiro atoms. The van der Waals surface area contributed by atoms with E-state index in [-0.39, 0.29) is 23.6 Å². The van der Waals surface area contributed by atoms with Crippen LogP contribution in [0.25, 0.3) is 0 Å². The second-order valence-electron chi connectivity index (χ2n) is 3.88. The Hall–Kier alpha value is -2.41. The number of carboxylic acid groups (broad SMARTS) is 1. The van der Waals surface area contributed by atoms with Gasteiger partial charge in [-0.3, -0.25) is 9.59 Å². The Balaban J connectivity index is 2.55. The molecule has 0 saturated heterocycles. The third-order valence-electron chi connectivity index (χ3n) is 2.44. The van der Waals surface area contributed by atoms with Crippen LogP contribution in [-0.2, 0) is 9.53 Å². The van der Waals surface area contributed by atoms with Crippen LogP contribution in [0.2, 0.25) is 0 Å². The minimum Gasteiger partial charge on any atom is -0.478 e. The van der Waals surface area contributed by atoms with Crippen LogP contribution < -0.4 is 10.6 Å². The highest BCUT2D eigenvalue weighted by Gasteiger charge is 2.15. The predicted octanol–water partition coefficient (Wildman–Crippen LogP) is -0.123. The van der Waals surface area contributed by atoms with Gasteiger partial charge in [0.15, 0.2) is 0 Å². The number of hydrogen-bond donors (Lipinski definition) is 3. The molecule has 1 aromatic carbocycles. The number of rotatable bonds is 7. The van der Waals surface area contributed by atoms with Gasteiger partial charge in [0.25, 0.3) is 5.91 Å². The molecule has 0 aromatic heterocycles. The molecular weight excluding hydrogens is 264 g/mol. The standard InChI is InChI=1S/C13H16N2O5/c1-20-7-6-14-11(16)8-15-12(17)9-4-2-3-5-10(9)13(18)19/h2-5H,6-8H2,1H3,(H,14,16)(H,15,17)(H,18,19). The SMILES string of the molecule is COCCNC(=O)CNC(=O)c1ccccc1C(=O)O. The van der Waals surface area contributed by atoms with E-state index in [0.29, 0.717) is 13.2 Å². The predicted molar refractivity (Wildman–Crippen MR) is 70.6 cm³/mol. The van der Waals surface area contributed by atoms with Crippen LogP contribution in [0, 0.1) is 0 Å². The molecule has 0 bridgehead atoms. The molecule has 0 aliphatic carbocycles. The average molecular weight is 280 g/mol. The maximum Gasteiger partial charge on any atom is 0.336 e. The highest BCUT2D eigenvalue weighted by molar-refractivity contribution is 6.05. The molecule has 108 valence electrons. The summed E-state index contributed by atoms with van der Waals surface area (Å²) < 4.78 is 4.76. The molecule has 0 aliphatic heterocycles. The lowest BCUT2D eigenvalue weighted by Gasteiger charge is -2.08. The van der Waals surface area contributed by atoms with Gasteiger partial charge < -0.3 is 20.5 Å². The Morgan fingerprint density at radius 1 is 1.15 bits per heavy atom. The summed E-state index contributed by atoms with van der Waals surface area (Å²) in [6, 6.07) is 5.80. The van der Waals surface area contributed by atoms with Gasteiger partial charge in [0.05, 0.1) is 24.3 Å². The molecule has 0 atom stereocenters. The summed E-state index contributed by atoms with van der Waals surface area (Å²) in [6.07, 6.45) is 0. The fourth-order valence-corrected chi connectivity index (χ4v) is 1.48. The third kappa shape index (κ3) is 4.69. The normalized spacial score (nSPS) is 9.85. The number of benzene rings is 1. The Kier molecular flexibility index (Phi) is 6.18. The van der Waals surface area contributed by atoms with Gasteiger partial charge in [-0.2, -0.15) is 0 Å². The van der Waals surface area contributed by atoms with Crippen molar-refractivity contribution in [2.75, 3.05) is 26.8 Å². The molecule has 0 heterocycles. The summed E-state index contributed by atoms with van der Waals surface area (Å²) in [6.45, 7) is 0.495. The van der Waals surface area contributed by atoms with E-state index in [1.807, 2.05) is 0 Å². The Morgan fingerprint density at radius 2 is 1.80 bits per heavy atom. The smallest absolute Gasteiger partial charge is 0.336 e. The van der Waals surface area contributed by atoms with E-state index in [0.717, 1.165) is 0 Å². The molecular formula is C13H16N2O5. The van der Waals surface area contributed by atoms with E-state index < -0.39 is 11.9 Å². The number of carbonyl (C=O) groups excluding carboxylic acids is 2.